The molecule has 0 aromatic carbocycles. The number of hydrogen-bond donors (Lipinski definition) is 1. The van der Waals surface area contributed by atoms with Gasteiger partial charge in [-0.3, -0.25) is 4.79 Å². The Bertz CT molecular complexity index is 277. The maximum absolute atomic E-state index is 12.7. The van der Waals surface area contributed by atoms with E-state index in [4.69, 9.17) is 0 Å². The highest BCUT2D eigenvalue weighted by atomic mass is 35.5. The van der Waals surface area contributed by atoms with Crippen molar-refractivity contribution in [1.29, 1.82) is 0 Å². The predicted octanol–water partition coefficient (Wildman–Crippen LogP) is 2.59. The van der Waals surface area contributed by atoms with E-state index in [9.17, 15) is 4.79 Å². The number of likely N-dealkylation sites (tertiary alicyclic amines) is 1. The Morgan fingerprint density at radius 2 is 2.17 bits per heavy atom. The first kappa shape index (κ1) is 15.8. The van der Waals surface area contributed by atoms with Crippen molar-refractivity contribution < 1.29 is 4.79 Å². The molecule has 0 spiro atoms. The van der Waals surface area contributed by atoms with Crippen LogP contribution in [0.2, 0.25) is 0 Å². The van der Waals surface area contributed by atoms with Crippen LogP contribution >= 0.6 is 12.4 Å². The molecule has 0 bridgehead atoms. The Labute approximate surface area is 117 Å². The van der Waals surface area contributed by atoms with Crippen LogP contribution in [0.4, 0.5) is 0 Å². The molecule has 2 fully saturated rings. The van der Waals surface area contributed by atoms with Gasteiger partial charge in [-0.05, 0) is 44.6 Å². The second kappa shape index (κ2) is 6.76. The first-order chi connectivity index (χ1) is 8.22. The standard InChI is InChI=1S/C14H26N2O.ClH/c1-3-12-7-5-10-16(11-12)13(17)14(4-2)8-6-9-15-14;/h12,15H,3-11H2,1-2H3;1H. The number of nitrogens with zero attached hydrogens (tertiary/aromatic N) is 1. The molecule has 3 nitrogen and oxygen atoms in total. The number of carbonyl (C=O) groups excluding carboxylic acids is 1. The lowest BCUT2D eigenvalue weighted by Gasteiger charge is -2.38. The van der Waals surface area contributed by atoms with Gasteiger partial charge < -0.3 is 10.2 Å². The van der Waals surface area contributed by atoms with Crippen molar-refractivity contribution in [3.63, 3.8) is 0 Å². The molecule has 2 rings (SSSR count). The van der Waals surface area contributed by atoms with Crippen molar-refractivity contribution in [2.24, 2.45) is 5.92 Å². The summed E-state index contributed by atoms with van der Waals surface area (Å²) < 4.78 is 0. The first-order valence-electron chi connectivity index (χ1n) is 7.26. The Hall–Kier alpha value is -0.280. The number of rotatable bonds is 3. The molecule has 0 radical (unpaired) electrons. The van der Waals surface area contributed by atoms with Crippen LogP contribution in [0.25, 0.3) is 0 Å². The van der Waals surface area contributed by atoms with Gasteiger partial charge in [-0.25, -0.2) is 0 Å². The van der Waals surface area contributed by atoms with Gasteiger partial charge in [0.15, 0.2) is 0 Å². The molecule has 2 atom stereocenters. The number of carbonyl (C=O) groups is 1. The average Bonchev–Trinajstić information content (AvgIpc) is 2.88. The minimum atomic E-state index is -0.227. The molecule has 2 aliphatic rings. The predicted molar refractivity (Wildman–Crippen MR) is 77.1 cm³/mol. The van der Waals surface area contributed by atoms with Crippen LogP contribution in [-0.4, -0.2) is 36.0 Å². The van der Waals surface area contributed by atoms with Gasteiger partial charge in [0.25, 0.3) is 0 Å². The lowest BCUT2D eigenvalue weighted by molar-refractivity contribution is -0.140. The maximum atomic E-state index is 12.7. The number of nitrogens with one attached hydrogen (secondary N) is 1. The lowest BCUT2D eigenvalue weighted by Crippen LogP contribution is -2.56. The largest absolute Gasteiger partial charge is 0.341 e. The van der Waals surface area contributed by atoms with Gasteiger partial charge in [-0.15, -0.1) is 12.4 Å². The third-order valence-electron chi connectivity index (χ3n) is 4.64. The van der Waals surface area contributed by atoms with E-state index in [2.05, 4.69) is 24.1 Å². The molecule has 4 heteroatoms. The van der Waals surface area contributed by atoms with E-state index in [1.165, 1.54) is 19.3 Å². The highest BCUT2D eigenvalue weighted by molar-refractivity contribution is 5.86. The fraction of sp³-hybridized carbons (Fsp3) is 0.929. The highest BCUT2D eigenvalue weighted by Gasteiger charge is 2.42. The summed E-state index contributed by atoms with van der Waals surface area (Å²) >= 11 is 0. The number of hydrogen-bond acceptors (Lipinski definition) is 2. The second-order valence-corrected chi connectivity index (χ2v) is 5.63. The van der Waals surface area contributed by atoms with Crippen LogP contribution in [0.3, 0.4) is 0 Å². The molecule has 1 amide bonds. The summed E-state index contributed by atoms with van der Waals surface area (Å²) in [5.74, 6) is 1.10. The topological polar surface area (TPSA) is 32.3 Å². The minimum Gasteiger partial charge on any atom is -0.341 e. The summed E-state index contributed by atoms with van der Waals surface area (Å²) in [6.07, 6.45) is 6.78. The third kappa shape index (κ3) is 3.00. The summed E-state index contributed by atoms with van der Waals surface area (Å²) in [7, 11) is 0. The van der Waals surface area contributed by atoms with Crippen molar-refractivity contribution in [3.05, 3.63) is 0 Å². The van der Waals surface area contributed by atoms with Crippen LogP contribution in [0.5, 0.6) is 0 Å². The Morgan fingerprint density at radius 3 is 2.72 bits per heavy atom. The second-order valence-electron chi connectivity index (χ2n) is 5.63. The third-order valence-corrected chi connectivity index (χ3v) is 4.64. The van der Waals surface area contributed by atoms with Crippen molar-refractivity contribution >= 4 is 18.3 Å². The summed E-state index contributed by atoms with van der Waals surface area (Å²) in [4.78, 5) is 14.8. The van der Waals surface area contributed by atoms with Gasteiger partial charge in [0.1, 0.15) is 0 Å². The van der Waals surface area contributed by atoms with E-state index < -0.39 is 0 Å². The number of amides is 1. The van der Waals surface area contributed by atoms with E-state index in [1.807, 2.05) is 0 Å². The van der Waals surface area contributed by atoms with Crippen LogP contribution in [0.15, 0.2) is 0 Å². The van der Waals surface area contributed by atoms with Crippen LogP contribution < -0.4 is 5.32 Å². The van der Waals surface area contributed by atoms with Gasteiger partial charge in [0, 0.05) is 13.1 Å². The Morgan fingerprint density at radius 1 is 1.39 bits per heavy atom. The molecule has 2 saturated heterocycles. The van der Waals surface area contributed by atoms with Crippen LogP contribution in [0, 0.1) is 5.92 Å². The monoisotopic (exact) mass is 274 g/mol. The zero-order chi connectivity index (χ0) is 12.3. The Balaban J connectivity index is 0.00000162. The quantitative estimate of drug-likeness (QED) is 0.858. The molecule has 2 aliphatic heterocycles. The van der Waals surface area contributed by atoms with Crippen molar-refractivity contribution in [3.8, 4) is 0 Å². The molecule has 0 aliphatic carbocycles. The van der Waals surface area contributed by atoms with Gasteiger partial charge in [0.05, 0.1) is 5.54 Å². The van der Waals surface area contributed by atoms with E-state index in [1.54, 1.807) is 0 Å². The van der Waals surface area contributed by atoms with Crippen LogP contribution in [0.1, 0.15) is 52.4 Å². The molecule has 1 N–H and O–H groups in total. The summed E-state index contributed by atoms with van der Waals surface area (Å²) in [5.41, 5.74) is -0.227. The van der Waals surface area contributed by atoms with Crippen LogP contribution in [-0.2, 0) is 4.79 Å². The molecule has 2 heterocycles. The van der Waals surface area contributed by atoms with Gasteiger partial charge in [0.2, 0.25) is 5.91 Å². The smallest absolute Gasteiger partial charge is 0.242 e. The molecule has 2 unspecified atom stereocenters. The number of piperidine rings is 1. The zero-order valence-electron chi connectivity index (χ0n) is 11.7. The summed E-state index contributed by atoms with van der Waals surface area (Å²) in [5, 5.41) is 3.46. The maximum Gasteiger partial charge on any atom is 0.242 e. The average molecular weight is 275 g/mol. The SMILES string of the molecule is CCC1CCCN(C(=O)C2(CC)CCCN2)C1.Cl. The van der Waals surface area contributed by atoms with Gasteiger partial charge in [-0.2, -0.15) is 0 Å². The van der Waals surface area contributed by atoms with E-state index in [0.717, 1.165) is 44.8 Å². The molecular formula is C14H27ClN2O. The minimum absolute atomic E-state index is 0. The fourth-order valence-corrected chi connectivity index (χ4v) is 3.33. The Kier molecular flexibility index (Phi) is 5.93. The molecule has 106 valence electrons. The summed E-state index contributed by atoms with van der Waals surface area (Å²) in [6, 6.07) is 0. The van der Waals surface area contributed by atoms with Crippen molar-refractivity contribution in [2.75, 3.05) is 19.6 Å². The molecule has 18 heavy (non-hydrogen) atoms. The van der Waals surface area contributed by atoms with Gasteiger partial charge >= 0.3 is 0 Å². The van der Waals surface area contributed by atoms with E-state index in [0.29, 0.717) is 5.91 Å². The zero-order valence-corrected chi connectivity index (χ0v) is 12.5. The van der Waals surface area contributed by atoms with E-state index >= 15 is 0 Å². The lowest BCUT2D eigenvalue weighted by atomic mass is 9.89. The van der Waals surface area contributed by atoms with Crippen molar-refractivity contribution in [1.82, 2.24) is 10.2 Å². The molecule has 0 aromatic rings. The first-order valence-corrected chi connectivity index (χ1v) is 7.26. The number of halogens is 1. The van der Waals surface area contributed by atoms with E-state index in [-0.39, 0.29) is 17.9 Å². The molecular weight excluding hydrogens is 248 g/mol. The highest BCUT2D eigenvalue weighted by Crippen LogP contribution is 2.28. The molecule has 0 saturated carbocycles. The fourth-order valence-electron chi connectivity index (χ4n) is 3.33. The summed E-state index contributed by atoms with van der Waals surface area (Å²) in [6.45, 7) is 7.33. The molecule has 0 aromatic heterocycles. The van der Waals surface area contributed by atoms with Crippen molar-refractivity contribution in [2.45, 2.75) is 57.9 Å². The normalized spacial score (nSPS) is 32.1. The van der Waals surface area contributed by atoms with Gasteiger partial charge in [-0.1, -0.05) is 20.3 Å².